The van der Waals surface area contributed by atoms with Crippen molar-refractivity contribution in [3.8, 4) is 0 Å². The number of aliphatic hydroxyl groups excluding tert-OH is 1. The Hall–Kier alpha value is -2.08. The molecule has 0 aliphatic carbocycles. The van der Waals surface area contributed by atoms with E-state index in [1.807, 2.05) is 30.3 Å². The summed E-state index contributed by atoms with van der Waals surface area (Å²) in [7, 11) is 4.85. The van der Waals surface area contributed by atoms with Gasteiger partial charge in [-0.2, -0.15) is 0 Å². The zero-order valence-corrected chi connectivity index (χ0v) is 11.5. The van der Waals surface area contributed by atoms with E-state index < -0.39 is 18.1 Å². The Morgan fingerprint density at radius 3 is 2.76 bits per heavy atom. The van der Waals surface area contributed by atoms with Gasteiger partial charge < -0.3 is 14.7 Å². The maximum atomic E-state index is 12.1. The molecule has 1 aliphatic heterocycles. The van der Waals surface area contributed by atoms with E-state index in [0.29, 0.717) is 6.42 Å². The summed E-state index contributed by atoms with van der Waals surface area (Å²) in [6.45, 7) is 0.105. The number of aliphatic hydroxyl groups is 1. The number of hydrogen-bond acceptors (Lipinski definition) is 4. The average molecular weight is 285 g/mol. The minimum atomic E-state index is -0.820. The normalized spacial score (nSPS) is 21.7. The van der Waals surface area contributed by atoms with Gasteiger partial charge in [0.15, 0.2) is 0 Å². The van der Waals surface area contributed by atoms with Crippen LogP contribution in [0, 0.1) is 0 Å². The van der Waals surface area contributed by atoms with Gasteiger partial charge in [0.25, 0.3) is 0 Å². The molecule has 0 unspecified atom stereocenters. The number of β-amino-alcohol motifs (C(OH)–C–C–N with tert-alkyl or cyclic N) is 1. The number of allylic oxidation sites excluding steroid dienone is 1. The highest BCUT2D eigenvalue weighted by atomic mass is 16.5. The minimum Gasteiger partial charge on any atom is -0.542 e. The summed E-state index contributed by atoms with van der Waals surface area (Å²) < 4.78 is 4.17. The van der Waals surface area contributed by atoms with Gasteiger partial charge in [0.1, 0.15) is 6.04 Å². The van der Waals surface area contributed by atoms with E-state index in [0.717, 1.165) is 5.56 Å². The summed E-state index contributed by atoms with van der Waals surface area (Å²) in [6, 6.07) is 8.88. The van der Waals surface area contributed by atoms with Crippen LogP contribution in [0.15, 0.2) is 42.5 Å². The van der Waals surface area contributed by atoms with Crippen molar-refractivity contribution in [3.05, 3.63) is 48.0 Å². The molecule has 0 aromatic heterocycles. The number of amides is 1. The second kappa shape index (κ2) is 7.08. The first-order chi connectivity index (χ1) is 10.1. The maximum absolute atomic E-state index is 12.1. The van der Waals surface area contributed by atoms with Crippen molar-refractivity contribution in [2.75, 3.05) is 6.54 Å². The zero-order chi connectivity index (χ0) is 15.2. The van der Waals surface area contributed by atoms with Crippen LogP contribution in [0.4, 0.5) is 0 Å². The van der Waals surface area contributed by atoms with Crippen LogP contribution in [0.5, 0.6) is 0 Å². The van der Waals surface area contributed by atoms with Crippen LogP contribution < -0.4 is 0 Å². The first kappa shape index (κ1) is 15.3. The number of benzene rings is 1. The fourth-order valence-corrected chi connectivity index (χ4v) is 2.37. The SMILES string of the molecule is [B]OC(=O)[C@@H]1C[C@@H](O)CN1C(=O)/C=C\Cc1ccccc1. The molecule has 2 radical (unpaired) electrons. The van der Waals surface area contributed by atoms with Gasteiger partial charge in [-0.15, -0.1) is 0 Å². The highest BCUT2D eigenvalue weighted by molar-refractivity contribution is 6.07. The molecule has 1 aliphatic rings. The van der Waals surface area contributed by atoms with Crippen LogP contribution in [0.1, 0.15) is 12.0 Å². The highest BCUT2D eigenvalue weighted by Gasteiger charge is 2.38. The van der Waals surface area contributed by atoms with Crippen LogP contribution in [0.3, 0.4) is 0 Å². The molecule has 5 nitrogen and oxygen atoms in total. The molecular weight excluding hydrogens is 269 g/mol. The van der Waals surface area contributed by atoms with E-state index in [9.17, 15) is 14.7 Å². The predicted molar refractivity (Wildman–Crippen MR) is 77.3 cm³/mol. The lowest BCUT2D eigenvalue weighted by Gasteiger charge is -2.20. The van der Waals surface area contributed by atoms with Gasteiger partial charge in [-0.1, -0.05) is 36.4 Å². The van der Waals surface area contributed by atoms with Crippen LogP contribution in [0.2, 0.25) is 0 Å². The number of likely N-dealkylation sites (tertiary alicyclic amines) is 1. The Morgan fingerprint density at radius 1 is 1.38 bits per heavy atom. The van der Waals surface area contributed by atoms with Crippen molar-refractivity contribution in [2.45, 2.75) is 25.0 Å². The number of carbonyl (C=O) groups excluding carboxylic acids is 2. The molecule has 1 fully saturated rings. The van der Waals surface area contributed by atoms with Crippen LogP contribution in [-0.2, 0) is 20.7 Å². The fourth-order valence-electron chi connectivity index (χ4n) is 2.37. The van der Waals surface area contributed by atoms with Gasteiger partial charge in [-0.05, 0) is 18.1 Å². The lowest BCUT2D eigenvalue weighted by Crippen LogP contribution is -2.40. The number of hydrogen-bond donors (Lipinski definition) is 1. The van der Waals surface area contributed by atoms with Crippen molar-refractivity contribution in [1.29, 1.82) is 0 Å². The van der Waals surface area contributed by atoms with Gasteiger partial charge in [0.2, 0.25) is 5.91 Å². The van der Waals surface area contributed by atoms with E-state index in [-0.39, 0.29) is 18.9 Å². The van der Waals surface area contributed by atoms with Gasteiger partial charge in [0.05, 0.1) is 6.10 Å². The summed E-state index contributed by atoms with van der Waals surface area (Å²) in [5, 5.41) is 9.60. The molecule has 0 bridgehead atoms. The summed E-state index contributed by atoms with van der Waals surface area (Å²) >= 11 is 0. The lowest BCUT2D eigenvalue weighted by molar-refractivity contribution is -0.144. The van der Waals surface area contributed by atoms with Crippen molar-refractivity contribution in [2.24, 2.45) is 0 Å². The molecule has 2 atom stereocenters. The second-order valence-corrected chi connectivity index (χ2v) is 4.92. The van der Waals surface area contributed by atoms with Gasteiger partial charge in [-0.3, -0.25) is 9.59 Å². The number of nitrogens with zero attached hydrogens (tertiary/aromatic N) is 1. The summed E-state index contributed by atoms with van der Waals surface area (Å²) in [4.78, 5) is 24.9. The third-order valence-electron chi connectivity index (χ3n) is 3.41. The molecule has 1 aromatic carbocycles. The third-order valence-corrected chi connectivity index (χ3v) is 3.41. The Labute approximate surface area is 124 Å². The first-order valence-electron chi connectivity index (χ1n) is 6.71. The molecule has 1 aromatic rings. The summed E-state index contributed by atoms with van der Waals surface area (Å²) in [6.07, 6.45) is 3.17. The monoisotopic (exact) mass is 285 g/mol. The fraction of sp³-hybridized carbons (Fsp3) is 0.333. The highest BCUT2D eigenvalue weighted by Crippen LogP contribution is 2.19. The van der Waals surface area contributed by atoms with Crippen molar-refractivity contribution in [3.63, 3.8) is 0 Å². The molecule has 2 rings (SSSR count). The van der Waals surface area contributed by atoms with Crippen molar-refractivity contribution in [1.82, 2.24) is 4.90 Å². The summed E-state index contributed by atoms with van der Waals surface area (Å²) in [5.74, 6) is -1.05. The molecule has 1 saturated heterocycles. The first-order valence-corrected chi connectivity index (χ1v) is 6.71. The van der Waals surface area contributed by atoms with Crippen LogP contribution in [-0.4, -0.2) is 48.6 Å². The Balaban J connectivity index is 1.97. The molecule has 1 N–H and O–H groups in total. The smallest absolute Gasteiger partial charge is 0.378 e. The standard InChI is InChI=1S/C15H16BNO4/c16-21-15(20)13-9-12(18)10-17(13)14(19)8-4-7-11-5-2-1-3-6-11/h1-6,8,12-13,18H,7,9-10H2/b8-4-/t12-,13+/m1/s1. The number of carbonyl (C=O) groups is 2. The minimum absolute atomic E-state index is 0.105. The average Bonchev–Trinajstić information content (AvgIpc) is 2.89. The van der Waals surface area contributed by atoms with E-state index in [2.05, 4.69) is 4.65 Å². The van der Waals surface area contributed by atoms with Crippen LogP contribution >= 0.6 is 0 Å². The van der Waals surface area contributed by atoms with Crippen molar-refractivity contribution < 1.29 is 19.3 Å². The molecule has 1 heterocycles. The van der Waals surface area contributed by atoms with E-state index in [1.54, 1.807) is 6.08 Å². The molecule has 0 spiro atoms. The molecule has 6 heteroatoms. The molecular formula is C15H16BNO4. The molecule has 108 valence electrons. The molecule has 1 amide bonds. The lowest BCUT2D eigenvalue weighted by atomic mass is 10.1. The van der Waals surface area contributed by atoms with Gasteiger partial charge in [-0.25, -0.2) is 0 Å². The Bertz CT molecular complexity index is 532. The van der Waals surface area contributed by atoms with E-state index >= 15 is 0 Å². The number of rotatable bonds is 4. The van der Waals surface area contributed by atoms with Crippen LogP contribution in [0.25, 0.3) is 0 Å². The Morgan fingerprint density at radius 2 is 2.10 bits per heavy atom. The van der Waals surface area contributed by atoms with E-state index in [1.165, 1.54) is 11.0 Å². The molecule has 0 saturated carbocycles. The second-order valence-electron chi connectivity index (χ2n) is 4.92. The quantitative estimate of drug-likeness (QED) is 0.641. The largest absolute Gasteiger partial charge is 0.542 e. The predicted octanol–water partition coefficient (Wildman–Crippen LogP) is 0.374. The maximum Gasteiger partial charge on any atom is 0.378 e. The van der Waals surface area contributed by atoms with E-state index in [4.69, 9.17) is 8.05 Å². The summed E-state index contributed by atoms with van der Waals surface area (Å²) in [5.41, 5.74) is 1.08. The topological polar surface area (TPSA) is 66.8 Å². The zero-order valence-electron chi connectivity index (χ0n) is 11.5. The Kier molecular flexibility index (Phi) is 5.17. The van der Waals surface area contributed by atoms with Gasteiger partial charge in [0, 0.05) is 13.0 Å². The molecule has 21 heavy (non-hydrogen) atoms. The third kappa shape index (κ3) is 3.95. The van der Waals surface area contributed by atoms with Gasteiger partial charge >= 0.3 is 14.0 Å². The van der Waals surface area contributed by atoms with Crippen molar-refractivity contribution >= 4 is 19.9 Å².